The van der Waals surface area contributed by atoms with Gasteiger partial charge < -0.3 is 5.32 Å². The van der Waals surface area contributed by atoms with Crippen molar-refractivity contribution in [2.24, 2.45) is 0 Å². The van der Waals surface area contributed by atoms with Crippen LogP contribution in [0.5, 0.6) is 0 Å². The standard InChI is InChI=1S/C24H23BrCl2N2O3S/c1-3-18-13-19(25)11-16(2)24(18)28-23(30)15-29(14-17-5-4-6-21(27)12-17)33(31,32)22-9-7-20(26)8-10-22/h4-13H,3,14-15H2,1-2H3,(H,28,30). The number of amides is 1. The molecular weight excluding hydrogens is 547 g/mol. The van der Waals surface area contributed by atoms with Crippen molar-refractivity contribution in [2.45, 2.75) is 31.7 Å². The third-order valence-electron chi connectivity index (χ3n) is 5.05. The highest BCUT2D eigenvalue weighted by Gasteiger charge is 2.27. The van der Waals surface area contributed by atoms with Crippen LogP contribution in [-0.2, 0) is 27.8 Å². The zero-order valence-corrected chi connectivity index (χ0v) is 22.0. The summed E-state index contributed by atoms with van der Waals surface area (Å²) in [5, 5.41) is 3.81. The van der Waals surface area contributed by atoms with E-state index < -0.39 is 15.9 Å². The first-order valence-corrected chi connectivity index (χ1v) is 13.2. The lowest BCUT2D eigenvalue weighted by atomic mass is 10.1. The minimum atomic E-state index is -3.99. The van der Waals surface area contributed by atoms with Gasteiger partial charge in [0, 0.05) is 26.8 Å². The molecule has 0 aliphatic heterocycles. The predicted molar refractivity (Wildman–Crippen MR) is 137 cm³/mol. The topological polar surface area (TPSA) is 66.5 Å². The second-order valence-corrected chi connectivity index (χ2v) is 11.2. The lowest BCUT2D eigenvalue weighted by Crippen LogP contribution is -2.37. The molecule has 0 radical (unpaired) electrons. The molecule has 5 nitrogen and oxygen atoms in total. The van der Waals surface area contributed by atoms with Crippen molar-refractivity contribution < 1.29 is 13.2 Å². The molecule has 33 heavy (non-hydrogen) atoms. The molecule has 0 aliphatic carbocycles. The second kappa shape index (κ2) is 11.0. The van der Waals surface area contributed by atoms with Gasteiger partial charge in [-0.25, -0.2) is 8.42 Å². The van der Waals surface area contributed by atoms with Crippen molar-refractivity contribution in [1.82, 2.24) is 4.31 Å². The number of rotatable bonds is 8. The molecule has 0 saturated heterocycles. The Balaban J connectivity index is 1.93. The van der Waals surface area contributed by atoms with Crippen LogP contribution in [0.2, 0.25) is 10.0 Å². The van der Waals surface area contributed by atoms with Gasteiger partial charge in [-0.1, -0.05) is 58.2 Å². The second-order valence-electron chi connectivity index (χ2n) is 7.52. The summed E-state index contributed by atoms with van der Waals surface area (Å²) in [6.07, 6.45) is 0.713. The van der Waals surface area contributed by atoms with E-state index in [2.05, 4.69) is 21.2 Å². The molecule has 0 saturated carbocycles. The van der Waals surface area contributed by atoms with E-state index in [1.54, 1.807) is 24.3 Å². The summed E-state index contributed by atoms with van der Waals surface area (Å²) >= 11 is 15.5. The first-order valence-electron chi connectivity index (χ1n) is 10.2. The van der Waals surface area contributed by atoms with Crippen molar-refractivity contribution in [3.05, 3.63) is 91.9 Å². The Hall–Kier alpha value is -1.90. The molecule has 0 unspecified atom stereocenters. The molecule has 1 N–H and O–H groups in total. The summed E-state index contributed by atoms with van der Waals surface area (Å²) in [7, 11) is -3.99. The molecule has 0 heterocycles. The Morgan fingerprint density at radius 1 is 1.03 bits per heavy atom. The van der Waals surface area contributed by atoms with E-state index in [0.717, 1.165) is 19.9 Å². The molecule has 3 rings (SSSR count). The van der Waals surface area contributed by atoms with Gasteiger partial charge in [0.15, 0.2) is 0 Å². The van der Waals surface area contributed by atoms with E-state index in [0.29, 0.717) is 27.7 Å². The zero-order chi connectivity index (χ0) is 24.2. The van der Waals surface area contributed by atoms with E-state index >= 15 is 0 Å². The molecule has 0 fully saturated rings. The third-order valence-corrected chi connectivity index (χ3v) is 7.80. The summed E-state index contributed by atoms with van der Waals surface area (Å²) in [6.45, 7) is 3.51. The summed E-state index contributed by atoms with van der Waals surface area (Å²) in [4.78, 5) is 13.1. The van der Waals surface area contributed by atoms with Gasteiger partial charge in [0.1, 0.15) is 0 Å². The number of aryl methyl sites for hydroxylation is 2. The van der Waals surface area contributed by atoms with Crippen molar-refractivity contribution >= 4 is 60.7 Å². The number of halogens is 3. The predicted octanol–water partition coefficient (Wildman–Crippen LogP) is 6.46. The zero-order valence-electron chi connectivity index (χ0n) is 18.1. The summed E-state index contributed by atoms with van der Waals surface area (Å²) in [6, 6.07) is 16.6. The minimum Gasteiger partial charge on any atom is -0.324 e. The number of anilines is 1. The lowest BCUT2D eigenvalue weighted by molar-refractivity contribution is -0.116. The molecule has 3 aromatic carbocycles. The van der Waals surface area contributed by atoms with Crippen LogP contribution in [-0.4, -0.2) is 25.2 Å². The highest BCUT2D eigenvalue weighted by atomic mass is 79.9. The molecule has 9 heteroatoms. The number of hydrogen-bond acceptors (Lipinski definition) is 3. The van der Waals surface area contributed by atoms with Crippen LogP contribution in [0.3, 0.4) is 0 Å². The molecule has 0 aromatic heterocycles. The quantitative estimate of drug-likeness (QED) is 0.339. The summed E-state index contributed by atoms with van der Waals surface area (Å²) in [5.74, 6) is -0.435. The van der Waals surface area contributed by atoms with Gasteiger partial charge in [0.2, 0.25) is 15.9 Å². The molecule has 3 aromatic rings. The largest absolute Gasteiger partial charge is 0.324 e. The first-order chi connectivity index (χ1) is 15.6. The van der Waals surface area contributed by atoms with Gasteiger partial charge in [0.25, 0.3) is 0 Å². The molecule has 1 amide bonds. The minimum absolute atomic E-state index is 0.0150. The molecular formula is C24H23BrCl2N2O3S. The van der Waals surface area contributed by atoms with Gasteiger partial charge in [-0.15, -0.1) is 0 Å². The van der Waals surface area contributed by atoms with Crippen molar-refractivity contribution in [2.75, 3.05) is 11.9 Å². The summed E-state index contributed by atoms with van der Waals surface area (Å²) in [5.41, 5.74) is 3.20. The SMILES string of the molecule is CCc1cc(Br)cc(C)c1NC(=O)CN(Cc1cccc(Cl)c1)S(=O)(=O)c1ccc(Cl)cc1. The average molecular weight is 570 g/mol. The number of nitrogens with one attached hydrogen (secondary N) is 1. The molecule has 0 aliphatic rings. The maximum absolute atomic E-state index is 13.4. The lowest BCUT2D eigenvalue weighted by Gasteiger charge is -2.23. The number of carbonyl (C=O) groups excluding carboxylic acids is 1. The van der Waals surface area contributed by atoms with Gasteiger partial charge >= 0.3 is 0 Å². The number of carbonyl (C=O) groups is 1. The Labute approximate surface area is 212 Å². The average Bonchev–Trinajstić information content (AvgIpc) is 2.75. The number of nitrogens with zero attached hydrogens (tertiary/aromatic N) is 1. The fourth-order valence-electron chi connectivity index (χ4n) is 3.43. The Morgan fingerprint density at radius 2 is 1.73 bits per heavy atom. The number of benzene rings is 3. The van der Waals surface area contributed by atoms with E-state index in [4.69, 9.17) is 23.2 Å². The number of sulfonamides is 1. The van der Waals surface area contributed by atoms with Crippen LogP contribution in [0.1, 0.15) is 23.6 Å². The maximum Gasteiger partial charge on any atom is 0.243 e. The van der Waals surface area contributed by atoms with Crippen LogP contribution >= 0.6 is 39.1 Å². The maximum atomic E-state index is 13.4. The Bertz CT molecular complexity index is 1270. The van der Waals surface area contributed by atoms with Crippen LogP contribution in [0.25, 0.3) is 0 Å². The molecule has 0 spiro atoms. The molecule has 174 valence electrons. The van der Waals surface area contributed by atoms with E-state index in [-0.39, 0.29) is 18.0 Å². The first kappa shape index (κ1) is 25.7. The van der Waals surface area contributed by atoms with E-state index in [9.17, 15) is 13.2 Å². The van der Waals surface area contributed by atoms with E-state index in [1.165, 1.54) is 24.3 Å². The molecule has 0 bridgehead atoms. The fourth-order valence-corrected chi connectivity index (χ4v) is 5.77. The normalized spacial score (nSPS) is 11.6. The van der Waals surface area contributed by atoms with E-state index in [1.807, 2.05) is 26.0 Å². The highest BCUT2D eigenvalue weighted by Crippen LogP contribution is 2.27. The Morgan fingerprint density at radius 3 is 2.36 bits per heavy atom. The highest BCUT2D eigenvalue weighted by molar-refractivity contribution is 9.10. The van der Waals surface area contributed by atoms with Gasteiger partial charge in [0.05, 0.1) is 11.4 Å². The molecule has 0 atom stereocenters. The Kier molecular flexibility index (Phi) is 8.59. The van der Waals surface area contributed by atoms with Crippen molar-refractivity contribution in [3.8, 4) is 0 Å². The van der Waals surface area contributed by atoms with Crippen molar-refractivity contribution in [1.29, 1.82) is 0 Å². The van der Waals surface area contributed by atoms with Crippen LogP contribution in [0.4, 0.5) is 5.69 Å². The van der Waals surface area contributed by atoms with Crippen LogP contribution < -0.4 is 5.32 Å². The monoisotopic (exact) mass is 568 g/mol. The van der Waals surface area contributed by atoms with Crippen LogP contribution in [0.15, 0.2) is 70.0 Å². The third kappa shape index (κ3) is 6.58. The fraction of sp³-hybridized carbons (Fsp3) is 0.208. The van der Waals surface area contributed by atoms with Gasteiger partial charge in [-0.3, -0.25) is 4.79 Å². The summed E-state index contributed by atoms with van der Waals surface area (Å²) < 4.78 is 28.9. The smallest absolute Gasteiger partial charge is 0.243 e. The van der Waals surface area contributed by atoms with Gasteiger partial charge in [-0.05, 0) is 78.6 Å². The number of hydrogen-bond donors (Lipinski definition) is 1. The van der Waals surface area contributed by atoms with Crippen molar-refractivity contribution in [3.63, 3.8) is 0 Å². The van der Waals surface area contributed by atoms with Gasteiger partial charge in [-0.2, -0.15) is 4.31 Å². The van der Waals surface area contributed by atoms with Crippen LogP contribution in [0, 0.1) is 6.92 Å².